The first kappa shape index (κ1) is 24.5. The lowest BCUT2D eigenvalue weighted by atomic mass is 9.95. The van der Waals surface area contributed by atoms with E-state index in [-0.39, 0.29) is 29.8 Å². The third kappa shape index (κ3) is 5.19. The van der Waals surface area contributed by atoms with Crippen LogP contribution in [0.15, 0.2) is 50.5 Å². The van der Waals surface area contributed by atoms with Crippen molar-refractivity contribution >= 4 is 45.0 Å². The molecule has 4 rings (SSSR count). The molecule has 2 aromatic rings. The summed E-state index contributed by atoms with van der Waals surface area (Å²) in [7, 11) is 0. The molecule has 2 aliphatic rings. The van der Waals surface area contributed by atoms with Gasteiger partial charge in [-0.05, 0) is 40.5 Å². The average molecular weight is 553 g/mol. The maximum atomic E-state index is 14.0. The van der Waals surface area contributed by atoms with Gasteiger partial charge < -0.3 is 19.9 Å². The fourth-order valence-electron chi connectivity index (χ4n) is 3.80. The number of carboxylic acids is 1. The molecule has 0 unspecified atom stereocenters. The summed E-state index contributed by atoms with van der Waals surface area (Å²) < 4.78 is 24.9. The van der Waals surface area contributed by atoms with Gasteiger partial charge in [0.05, 0.1) is 29.9 Å². The Morgan fingerprint density at radius 3 is 2.94 bits per heavy atom. The number of morpholine rings is 1. The monoisotopic (exact) mass is 552 g/mol. The quantitative estimate of drug-likeness (QED) is 0.504. The van der Waals surface area contributed by atoms with Crippen LogP contribution >= 0.6 is 27.3 Å². The van der Waals surface area contributed by atoms with Gasteiger partial charge in [0.15, 0.2) is 10.8 Å². The van der Waals surface area contributed by atoms with Crippen LogP contribution in [0.5, 0.6) is 0 Å². The van der Waals surface area contributed by atoms with Gasteiger partial charge in [-0.3, -0.25) is 14.7 Å². The van der Waals surface area contributed by atoms with Gasteiger partial charge in [0.2, 0.25) is 0 Å². The number of hydrogen-bond donors (Lipinski definition) is 2. The third-order valence-electron chi connectivity index (χ3n) is 5.40. The Kier molecular flexibility index (Phi) is 7.71. The maximum absolute atomic E-state index is 14.0. The molecule has 180 valence electrons. The Balaban J connectivity index is 1.82. The van der Waals surface area contributed by atoms with Crippen LogP contribution in [-0.4, -0.2) is 71.7 Å². The number of amidine groups is 1. The summed E-state index contributed by atoms with van der Waals surface area (Å²) in [5, 5.41) is 15.3. The molecule has 3 heterocycles. The molecule has 1 aromatic carbocycles. The van der Waals surface area contributed by atoms with Crippen molar-refractivity contribution in [2.75, 3.05) is 32.9 Å². The summed E-state index contributed by atoms with van der Waals surface area (Å²) >= 11 is 4.57. The molecule has 0 amide bonds. The number of carbonyl (C=O) groups is 2. The minimum absolute atomic E-state index is 0.0408. The number of carbonyl (C=O) groups excluding carboxylic acids is 1. The molecule has 2 atom stereocenters. The lowest BCUT2D eigenvalue weighted by Crippen LogP contribution is -2.52. The molecule has 2 N–H and O–H groups in total. The van der Waals surface area contributed by atoms with E-state index in [0.717, 1.165) is 0 Å². The molecule has 0 spiro atoms. The van der Waals surface area contributed by atoms with Crippen molar-refractivity contribution < 1.29 is 28.6 Å². The highest BCUT2D eigenvalue weighted by Gasteiger charge is 2.36. The molecular formula is C22H22BrFN4O5S. The second kappa shape index (κ2) is 10.7. The minimum atomic E-state index is -1.01. The SMILES string of the molecule is CCOC(=O)C1=C(CN2CCOC[C@H]2C(=O)O)NC(c2nccs2)=N[C@H]1c1ccc(F)c(Br)c1. The maximum Gasteiger partial charge on any atom is 0.338 e. The Labute approximate surface area is 207 Å². The molecule has 0 radical (unpaired) electrons. The lowest BCUT2D eigenvalue weighted by molar-refractivity contribution is -0.149. The first-order valence-corrected chi connectivity index (χ1v) is 12.2. The normalized spacial score (nSPS) is 21.1. The predicted octanol–water partition coefficient (Wildman–Crippen LogP) is 2.74. The lowest BCUT2D eigenvalue weighted by Gasteiger charge is -2.35. The first-order valence-electron chi connectivity index (χ1n) is 10.5. The Hall–Kier alpha value is -2.67. The van der Waals surface area contributed by atoms with Crippen molar-refractivity contribution in [1.29, 1.82) is 0 Å². The van der Waals surface area contributed by atoms with Crippen molar-refractivity contribution in [1.82, 2.24) is 15.2 Å². The summed E-state index contributed by atoms with van der Waals surface area (Å²) in [4.78, 5) is 35.7. The molecule has 34 heavy (non-hydrogen) atoms. The topological polar surface area (TPSA) is 113 Å². The van der Waals surface area contributed by atoms with Crippen LogP contribution in [0.1, 0.15) is 23.5 Å². The average Bonchev–Trinajstić information content (AvgIpc) is 3.36. The van der Waals surface area contributed by atoms with Crippen molar-refractivity contribution in [2.45, 2.75) is 19.0 Å². The van der Waals surface area contributed by atoms with Crippen LogP contribution in [0.4, 0.5) is 4.39 Å². The summed E-state index contributed by atoms with van der Waals surface area (Å²) in [6, 6.07) is 2.75. The fourth-order valence-corrected chi connectivity index (χ4v) is 4.78. The van der Waals surface area contributed by atoms with Gasteiger partial charge in [0.25, 0.3) is 0 Å². The van der Waals surface area contributed by atoms with Gasteiger partial charge in [-0.25, -0.2) is 14.2 Å². The number of aliphatic imine (C=N–C) groups is 1. The molecule has 12 heteroatoms. The summed E-state index contributed by atoms with van der Waals surface area (Å²) in [5.74, 6) is -1.61. The molecule has 0 aliphatic carbocycles. The first-order chi connectivity index (χ1) is 16.4. The van der Waals surface area contributed by atoms with Gasteiger partial charge in [0, 0.05) is 30.4 Å². The van der Waals surface area contributed by atoms with Crippen LogP contribution in [0.3, 0.4) is 0 Å². The molecule has 2 aliphatic heterocycles. The van der Waals surface area contributed by atoms with Crippen molar-refractivity contribution in [3.8, 4) is 0 Å². The van der Waals surface area contributed by atoms with Crippen LogP contribution < -0.4 is 5.32 Å². The number of aromatic nitrogens is 1. The minimum Gasteiger partial charge on any atom is -0.480 e. The molecule has 1 fully saturated rings. The standard InChI is InChI=1S/C22H22BrFN4O5S/c1-2-33-22(31)17-15(10-28-6-7-32-11-16(28)21(29)30)26-19(20-25-5-8-34-20)27-18(17)12-3-4-14(24)13(23)9-12/h3-5,8-9,16,18H,2,6-7,10-11H2,1H3,(H,26,27)(H,29,30)/t16-,18-/m0/s1. The van der Waals surface area contributed by atoms with Gasteiger partial charge in [-0.2, -0.15) is 0 Å². The van der Waals surface area contributed by atoms with E-state index in [4.69, 9.17) is 14.5 Å². The number of nitrogens with zero attached hydrogens (tertiary/aromatic N) is 3. The van der Waals surface area contributed by atoms with Gasteiger partial charge in [-0.15, -0.1) is 11.3 Å². The third-order valence-corrected chi connectivity index (χ3v) is 6.79. The molecule has 1 saturated heterocycles. The van der Waals surface area contributed by atoms with Crippen LogP contribution in [0.2, 0.25) is 0 Å². The van der Waals surface area contributed by atoms with Gasteiger partial charge in [0.1, 0.15) is 17.9 Å². The van der Waals surface area contributed by atoms with E-state index in [1.165, 1.54) is 17.4 Å². The Morgan fingerprint density at radius 2 is 2.26 bits per heavy atom. The predicted molar refractivity (Wildman–Crippen MR) is 126 cm³/mol. The number of esters is 1. The number of rotatable bonds is 7. The van der Waals surface area contributed by atoms with Crippen molar-refractivity contribution in [2.24, 2.45) is 4.99 Å². The highest BCUT2D eigenvalue weighted by molar-refractivity contribution is 9.10. The molecule has 0 saturated carbocycles. The summed E-state index contributed by atoms with van der Waals surface area (Å²) in [6.45, 7) is 2.75. The molecule has 0 bridgehead atoms. The van der Waals surface area contributed by atoms with E-state index in [1.54, 1.807) is 35.5 Å². The second-order valence-corrected chi connectivity index (χ2v) is 9.28. The number of benzene rings is 1. The Bertz CT molecular complexity index is 1140. The molecular weight excluding hydrogens is 531 g/mol. The van der Waals surface area contributed by atoms with Gasteiger partial charge >= 0.3 is 11.9 Å². The summed E-state index contributed by atoms with van der Waals surface area (Å²) in [5.41, 5.74) is 1.26. The molecule has 9 nitrogen and oxygen atoms in total. The fraction of sp³-hybridized carbons (Fsp3) is 0.364. The number of nitrogens with one attached hydrogen (secondary N) is 1. The van der Waals surface area contributed by atoms with Crippen molar-refractivity contribution in [3.05, 3.63) is 61.9 Å². The highest BCUT2D eigenvalue weighted by atomic mass is 79.9. The van der Waals surface area contributed by atoms with E-state index in [0.29, 0.717) is 35.3 Å². The van der Waals surface area contributed by atoms with Crippen LogP contribution in [0.25, 0.3) is 0 Å². The molecule has 1 aromatic heterocycles. The summed E-state index contributed by atoms with van der Waals surface area (Å²) in [6.07, 6.45) is 1.64. The van der Waals surface area contributed by atoms with E-state index in [9.17, 15) is 19.1 Å². The van der Waals surface area contributed by atoms with E-state index < -0.39 is 29.8 Å². The number of thiazole rings is 1. The van der Waals surface area contributed by atoms with Crippen LogP contribution in [0, 0.1) is 5.82 Å². The van der Waals surface area contributed by atoms with E-state index in [1.807, 2.05) is 0 Å². The zero-order valence-electron chi connectivity index (χ0n) is 18.2. The largest absolute Gasteiger partial charge is 0.480 e. The number of carboxylic acid groups (broad SMARTS) is 1. The van der Waals surface area contributed by atoms with Crippen LogP contribution in [-0.2, 0) is 19.1 Å². The zero-order valence-corrected chi connectivity index (χ0v) is 20.6. The highest BCUT2D eigenvalue weighted by Crippen LogP contribution is 2.35. The van der Waals surface area contributed by atoms with Gasteiger partial charge in [-0.1, -0.05) is 6.07 Å². The number of aliphatic carboxylic acids is 1. The zero-order chi connectivity index (χ0) is 24.2. The number of halogens is 2. The smallest absolute Gasteiger partial charge is 0.338 e. The number of hydrogen-bond acceptors (Lipinski definition) is 9. The Morgan fingerprint density at radius 1 is 1.44 bits per heavy atom. The second-order valence-electron chi connectivity index (χ2n) is 7.53. The number of ether oxygens (including phenoxy) is 2. The van der Waals surface area contributed by atoms with E-state index in [2.05, 4.69) is 26.2 Å². The van der Waals surface area contributed by atoms with E-state index >= 15 is 0 Å². The van der Waals surface area contributed by atoms with Crippen molar-refractivity contribution in [3.63, 3.8) is 0 Å².